The molecule has 2 aromatic carbocycles. The molecule has 0 fully saturated rings. The van der Waals surface area contributed by atoms with E-state index in [2.05, 4.69) is 20.3 Å². The molecule has 0 bridgehead atoms. The molecule has 1 amide bonds. The predicted molar refractivity (Wildman–Crippen MR) is 126 cm³/mol. The highest BCUT2D eigenvalue weighted by Gasteiger charge is 2.21. The van der Waals surface area contributed by atoms with Gasteiger partial charge in [0.25, 0.3) is 0 Å². The van der Waals surface area contributed by atoms with Crippen molar-refractivity contribution in [3.8, 4) is 11.4 Å². The van der Waals surface area contributed by atoms with E-state index in [-0.39, 0.29) is 5.95 Å². The quantitative estimate of drug-likeness (QED) is 0.409. The molecule has 168 valence electrons. The fourth-order valence-corrected chi connectivity index (χ4v) is 4.52. The van der Waals surface area contributed by atoms with Crippen LogP contribution in [0.15, 0.2) is 29.4 Å². The number of nitrogens with zero attached hydrogens (tertiary/aromatic N) is 3. The summed E-state index contributed by atoms with van der Waals surface area (Å²) < 4.78 is 10.9. The second kappa shape index (κ2) is 9.09. The maximum Gasteiger partial charge on any atom is 0.407 e. The van der Waals surface area contributed by atoms with Gasteiger partial charge in [-0.2, -0.15) is 9.97 Å². The Labute approximate surface area is 195 Å². The molecule has 0 radical (unpaired) electrons. The molecule has 4 rings (SSSR count). The summed E-state index contributed by atoms with van der Waals surface area (Å²) in [6, 6.07) is 7.92. The van der Waals surface area contributed by atoms with Crippen LogP contribution in [-0.4, -0.2) is 38.9 Å². The van der Waals surface area contributed by atoms with Gasteiger partial charge in [0.1, 0.15) is 5.60 Å². The average molecular weight is 474 g/mol. The highest BCUT2D eigenvalue weighted by atomic mass is 35.5. The lowest BCUT2D eigenvalue weighted by Crippen LogP contribution is -2.33. The second-order valence-corrected chi connectivity index (χ2v) is 9.77. The first-order valence-corrected chi connectivity index (χ1v) is 11.5. The number of hydrogen-bond donors (Lipinski definition) is 2. The first kappa shape index (κ1) is 22.6. The highest BCUT2D eigenvalue weighted by molar-refractivity contribution is 7.99. The van der Waals surface area contributed by atoms with Gasteiger partial charge in [-0.05, 0) is 48.7 Å². The Kier molecular flexibility index (Phi) is 6.41. The van der Waals surface area contributed by atoms with Crippen LogP contribution in [0, 0.1) is 0 Å². The number of rotatable bonds is 5. The molecule has 10 heteroatoms. The zero-order chi connectivity index (χ0) is 22.9. The van der Waals surface area contributed by atoms with Crippen LogP contribution in [0.2, 0.25) is 5.02 Å². The summed E-state index contributed by atoms with van der Waals surface area (Å²) in [5.41, 5.74) is 8.30. The van der Waals surface area contributed by atoms with E-state index in [1.54, 1.807) is 0 Å². The molecule has 0 saturated heterocycles. The number of thioether (sulfide) groups is 1. The number of hydrogen-bond acceptors (Lipinski definition) is 8. The molecule has 0 unspecified atom stereocenters. The number of ether oxygens (including phenoxy) is 2. The Hall–Kier alpha value is -2.62. The number of nitrogens with one attached hydrogen (secondary N) is 1. The van der Waals surface area contributed by atoms with Crippen molar-refractivity contribution >= 4 is 46.2 Å². The molecular weight excluding hydrogens is 450 g/mol. The minimum Gasteiger partial charge on any atom is -0.444 e. The molecule has 0 aliphatic carbocycles. The van der Waals surface area contributed by atoms with Crippen molar-refractivity contribution in [3.63, 3.8) is 0 Å². The predicted octanol–water partition coefficient (Wildman–Crippen LogP) is 4.57. The van der Waals surface area contributed by atoms with Gasteiger partial charge in [0.15, 0.2) is 11.0 Å². The topological polar surface area (TPSA) is 112 Å². The number of nitrogens with two attached hydrogens (primary N) is 1. The van der Waals surface area contributed by atoms with Crippen LogP contribution in [0.1, 0.15) is 31.9 Å². The van der Waals surface area contributed by atoms with Crippen LogP contribution in [0.4, 0.5) is 10.7 Å². The first-order chi connectivity index (χ1) is 15.2. The zero-order valence-electron chi connectivity index (χ0n) is 18.1. The largest absolute Gasteiger partial charge is 0.444 e. The SMILES string of the molecule is CC(C)(C)OC(=O)NCCSc1nc(N)nc(-c2c(Cl)cc3c4c(cccc24)COC3)n1. The van der Waals surface area contributed by atoms with E-state index in [1.807, 2.05) is 45.0 Å². The van der Waals surface area contributed by atoms with Gasteiger partial charge in [-0.1, -0.05) is 41.6 Å². The molecule has 1 aliphatic rings. The van der Waals surface area contributed by atoms with Crippen LogP contribution in [0.5, 0.6) is 0 Å². The zero-order valence-corrected chi connectivity index (χ0v) is 19.6. The molecule has 2 heterocycles. The maximum absolute atomic E-state index is 11.8. The Morgan fingerprint density at radius 2 is 2.03 bits per heavy atom. The van der Waals surface area contributed by atoms with Crippen molar-refractivity contribution in [2.75, 3.05) is 18.0 Å². The third-order valence-electron chi connectivity index (χ3n) is 4.65. The summed E-state index contributed by atoms with van der Waals surface area (Å²) in [6.07, 6.45) is -0.464. The van der Waals surface area contributed by atoms with Crippen molar-refractivity contribution < 1.29 is 14.3 Å². The van der Waals surface area contributed by atoms with E-state index in [4.69, 9.17) is 26.8 Å². The van der Waals surface area contributed by atoms with Crippen LogP contribution >= 0.6 is 23.4 Å². The number of carbonyl (C=O) groups excluding carboxylic acids is 1. The summed E-state index contributed by atoms with van der Waals surface area (Å²) in [7, 11) is 0. The number of halogens is 1. The lowest BCUT2D eigenvalue weighted by atomic mass is 9.94. The monoisotopic (exact) mass is 473 g/mol. The van der Waals surface area contributed by atoms with Crippen molar-refractivity contribution in [1.29, 1.82) is 0 Å². The highest BCUT2D eigenvalue weighted by Crippen LogP contribution is 2.39. The van der Waals surface area contributed by atoms with Crippen molar-refractivity contribution in [2.24, 2.45) is 0 Å². The summed E-state index contributed by atoms with van der Waals surface area (Å²) >= 11 is 8.01. The molecule has 8 nitrogen and oxygen atoms in total. The molecule has 3 N–H and O–H groups in total. The van der Waals surface area contributed by atoms with Crippen LogP contribution in [0.25, 0.3) is 22.2 Å². The van der Waals surface area contributed by atoms with Gasteiger partial charge in [-0.3, -0.25) is 0 Å². The molecule has 0 atom stereocenters. The number of anilines is 1. The maximum atomic E-state index is 11.8. The molecule has 3 aromatic rings. The third-order valence-corrected chi connectivity index (χ3v) is 5.80. The van der Waals surface area contributed by atoms with E-state index in [0.29, 0.717) is 41.5 Å². The second-order valence-electron chi connectivity index (χ2n) is 8.30. The van der Waals surface area contributed by atoms with Gasteiger partial charge < -0.3 is 20.5 Å². The summed E-state index contributed by atoms with van der Waals surface area (Å²) in [6.45, 7) is 6.90. The Morgan fingerprint density at radius 3 is 2.81 bits per heavy atom. The molecule has 0 spiro atoms. The molecule has 1 aromatic heterocycles. The van der Waals surface area contributed by atoms with Crippen LogP contribution in [0.3, 0.4) is 0 Å². The number of carbonyl (C=O) groups is 1. The minimum atomic E-state index is -0.543. The molecular formula is C22H24ClN5O3S. The fourth-order valence-electron chi connectivity index (χ4n) is 3.50. The number of nitrogen functional groups attached to an aromatic ring is 1. The van der Waals surface area contributed by atoms with Gasteiger partial charge >= 0.3 is 6.09 Å². The minimum absolute atomic E-state index is 0.109. The summed E-state index contributed by atoms with van der Waals surface area (Å²) in [5.74, 6) is 1.06. The molecule has 1 aliphatic heterocycles. The van der Waals surface area contributed by atoms with E-state index in [0.717, 1.165) is 27.5 Å². The van der Waals surface area contributed by atoms with Crippen LogP contribution in [-0.2, 0) is 22.7 Å². The normalized spacial score (nSPS) is 13.2. The smallest absolute Gasteiger partial charge is 0.407 e. The number of aromatic nitrogens is 3. The molecule has 0 saturated carbocycles. The third kappa shape index (κ3) is 5.06. The van der Waals surface area contributed by atoms with Crippen molar-refractivity contribution in [1.82, 2.24) is 20.3 Å². The standard InChI is InChI=1S/C22H24ClN5O3S/c1-22(2,3)31-21(29)25-7-8-32-20-27-18(26-19(24)28-20)17-14-6-4-5-12-10-30-11-13(16(12)14)9-15(17)23/h4-6,9H,7-8,10-11H2,1-3H3,(H,25,29)(H2,24,26,27,28). The van der Waals surface area contributed by atoms with E-state index < -0.39 is 11.7 Å². The van der Waals surface area contributed by atoms with E-state index in [1.165, 1.54) is 11.8 Å². The number of alkyl carbamates (subject to hydrolysis) is 1. The average Bonchev–Trinajstić information content (AvgIpc) is 2.70. The van der Waals surface area contributed by atoms with Crippen molar-refractivity contribution in [3.05, 3.63) is 40.4 Å². The number of benzene rings is 2. The van der Waals surface area contributed by atoms with E-state index >= 15 is 0 Å². The summed E-state index contributed by atoms with van der Waals surface area (Å²) in [4.78, 5) is 24.9. The Morgan fingerprint density at radius 1 is 1.25 bits per heavy atom. The summed E-state index contributed by atoms with van der Waals surface area (Å²) in [5, 5.41) is 5.78. The van der Waals surface area contributed by atoms with Gasteiger partial charge in [0, 0.05) is 17.9 Å². The van der Waals surface area contributed by atoms with Gasteiger partial charge in [0.05, 0.1) is 18.2 Å². The van der Waals surface area contributed by atoms with Gasteiger partial charge in [-0.25, -0.2) is 9.78 Å². The van der Waals surface area contributed by atoms with Crippen LogP contribution < -0.4 is 11.1 Å². The molecule has 32 heavy (non-hydrogen) atoms. The first-order valence-electron chi connectivity index (χ1n) is 10.1. The van der Waals surface area contributed by atoms with Crippen molar-refractivity contribution in [2.45, 2.75) is 44.7 Å². The Bertz CT molecular complexity index is 1180. The van der Waals surface area contributed by atoms with E-state index in [9.17, 15) is 4.79 Å². The lowest BCUT2D eigenvalue weighted by molar-refractivity contribution is 0.0531. The fraction of sp³-hybridized carbons (Fsp3) is 0.364. The number of amides is 1. The van der Waals surface area contributed by atoms with Gasteiger partial charge in [0.2, 0.25) is 5.95 Å². The Balaban J connectivity index is 1.56. The van der Waals surface area contributed by atoms with Gasteiger partial charge in [-0.15, -0.1) is 0 Å². The lowest BCUT2D eigenvalue weighted by Gasteiger charge is -2.20.